The van der Waals surface area contributed by atoms with Crippen LogP contribution in [0, 0.1) is 0 Å². The van der Waals surface area contributed by atoms with E-state index in [1.165, 1.54) is 16.9 Å². The second-order valence-electron chi connectivity index (χ2n) is 3.60. The zero-order chi connectivity index (χ0) is 12.4. The van der Waals surface area contributed by atoms with Crippen molar-refractivity contribution in [1.29, 1.82) is 0 Å². The maximum Gasteiger partial charge on any atom is 0.339 e. The van der Waals surface area contributed by atoms with Crippen molar-refractivity contribution in [2.45, 2.75) is 13.3 Å². The van der Waals surface area contributed by atoms with Gasteiger partial charge in [-0.05, 0) is 18.6 Å². The van der Waals surface area contributed by atoms with Gasteiger partial charge in [-0.1, -0.05) is 13.0 Å². The second-order valence-corrected chi connectivity index (χ2v) is 3.60. The molecule has 0 bridgehead atoms. The quantitative estimate of drug-likeness (QED) is 0.846. The smallest absolute Gasteiger partial charge is 0.339 e. The Morgan fingerprint density at radius 2 is 2.24 bits per heavy atom. The summed E-state index contributed by atoms with van der Waals surface area (Å²) in [5.74, 6) is -0.870. The van der Waals surface area contributed by atoms with E-state index < -0.39 is 5.97 Å². The van der Waals surface area contributed by atoms with E-state index in [1.54, 1.807) is 18.2 Å². The van der Waals surface area contributed by atoms with Crippen molar-refractivity contribution in [2.24, 2.45) is 0 Å². The fourth-order valence-corrected chi connectivity index (χ4v) is 1.74. The summed E-state index contributed by atoms with van der Waals surface area (Å²) in [5.41, 5.74) is 1.45. The van der Waals surface area contributed by atoms with Crippen molar-refractivity contribution in [3.8, 4) is 11.4 Å². The number of nitrogens with zero attached hydrogens (tertiary/aromatic N) is 2. The van der Waals surface area contributed by atoms with Gasteiger partial charge in [0, 0.05) is 6.07 Å². The fraction of sp³-hybridized carbons (Fsp3) is 0.167. The summed E-state index contributed by atoms with van der Waals surface area (Å²) < 4.78 is 1.53. The number of hydrogen-bond donors (Lipinski definition) is 2. The molecule has 0 saturated carbocycles. The van der Waals surface area contributed by atoms with Crippen LogP contribution in [0.4, 0.5) is 0 Å². The number of phenolic OH excluding ortho intramolecular Hbond substituents is 1. The van der Waals surface area contributed by atoms with E-state index in [2.05, 4.69) is 5.10 Å². The fourth-order valence-electron chi connectivity index (χ4n) is 1.74. The molecule has 2 aromatic rings. The molecule has 1 aromatic carbocycles. The highest BCUT2D eigenvalue weighted by molar-refractivity contribution is 5.88. The summed E-state index contributed by atoms with van der Waals surface area (Å²) in [6.07, 6.45) is 1.88. The number of carboxylic acids is 1. The van der Waals surface area contributed by atoms with Crippen LogP contribution in [-0.4, -0.2) is 26.0 Å². The Labute approximate surface area is 97.9 Å². The standard InChI is InChI=1S/C12H12N2O3/c1-2-11-10(12(16)17)7-13-14(11)8-4-3-5-9(15)6-8/h3-7,15H,2H2,1H3,(H,16,17). The van der Waals surface area contributed by atoms with Crippen LogP contribution in [0.5, 0.6) is 5.75 Å². The topological polar surface area (TPSA) is 75.3 Å². The molecule has 2 N–H and O–H groups in total. The maximum atomic E-state index is 11.0. The molecule has 0 amide bonds. The largest absolute Gasteiger partial charge is 0.508 e. The minimum atomic E-state index is -0.992. The average molecular weight is 232 g/mol. The van der Waals surface area contributed by atoms with Crippen molar-refractivity contribution >= 4 is 5.97 Å². The highest BCUT2D eigenvalue weighted by Gasteiger charge is 2.15. The summed E-state index contributed by atoms with van der Waals surface area (Å²) >= 11 is 0. The molecule has 0 aliphatic rings. The van der Waals surface area contributed by atoms with Crippen LogP contribution in [0.2, 0.25) is 0 Å². The highest BCUT2D eigenvalue weighted by atomic mass is 16.4. The van der Waals surface area contributed by atoms with E-state index in [4.69, 9.17) is 5.11 Å². The van der Waals surface area contributed by atoms with Crippen LogP contribution in [-0.2, 0) is 6.42 Å². The Bertz CT molecular complexity index is 561. The number of rotatable bonds is 3. The molecule has 1 heterocycles. The molecule has 0 aliphatic heterocycles. The van der Waals surface area contributed by atoms with Crippen LogP contribution < -0.4 is 0 Å². The van der Waals surface area contributed by atoms with E-state index in [1.807, 2.05) is 6.92 Å². The van der Waals surface area contributed by atoms with Gasteiger partial charge in [-0.3, -0.25) is 0 Å². The molecule has 17 heavy (non-hydrogen) atoms. The number of carbonyl (C=O) groups is 1. The predicted molar refractivity (Wildman–Crippen MR) is 61.6 cm³/mol. The van der Waals surface area contributed by atoms with Crippen molar-refractivity contribution in [3.63, 3.8) is 0 Å². The minimum absolute atomic E-state index is 0.122. The summed E-state index contributed by atoms with van der Waals surface area (Å²) in [5, 5.41) is 22.4. The van der Waals surface area contributed by atoms with E-state index >= 15 is 0 Å². The zero-order valence-electron chi connectivity index (χ0n) is 9.29. The monoisotopic (exact) mass is 232 g/mol. The first-order valence-electron chi connectivity index (χ1n) is 5.23. The van der Waals surface area contributed by atoms with Crippen molar-refractivity contribution < 1.29 is 15.0 Å². The van der Waals surface area contributed by atoms with E-state index in [-0.39, 0.29) is 11.3 Å². The van der Waals surface area contributed by atoms with Gasteiger partial charge in [0.2, 0.25) is 0 Å². The first-order chi connectivity index (χ1) is 8.13. The van der Waals surface area contributed by atoms with Crippen LogP contribution in [0.25, 0.3) is 5.69 Å². The lowest BCUT2D eigenvalue weighted by molar-refractivity contribution is 0.0695. The molecule has 0 saturated heterocycles. The van der Waals surface area contributed by atoms with Gasteiger partial charge in [-0.15, -0.1) is 0 Å². The molecule has 2 rings (SSSR count). The lowest BCUT2D eigenvalue weighted by Gasteiger charge is -2.06. The first-order valence-corrected chi connectivity index (χ1v) is 5.23. The van der Waals surface area contributed by atoms with Crippen molar-refractivity contribution in [2.75, 3.05) is 0 Å². The van der Waals surface area contributed by atoms with E-state index in [0.717, 1.165) is 0 Å². The third-order valence-corrected chi connectivity index (χ3v) is 2.51. The van der Waals surface area contributed by atoms with Crippen LogP contribution in [0.3, 0.4) is 0 Å². The summed E-state index contributed by atoms with van der Waals surface area (Å²) in [6.45, 7) is 1.86. The average Bonchev–Trinajstić information content (AvgIpc) is 2.72. The third kappa shape index (κ3) is 1.99. The summed E-state index contributed by atoms with van der Waals surface area (Å²) in [7, 11) is 0. The van der Waals surface area contributed by atoms with Gasteiger partial charge in [0.15, 0.2) is 0 Å². The van der Waals surface area contributed by atoms with Crippen molar-refractivity contribution in [1.82, 2.24) is 9.78 Å². The normalized spacial score (nSPS) is 10.4. The Morgan fingerprint density at radius 3 is 2.82 bits per heavy atom. The number of hydrogen-bond acceptors (Lipinski definition) is 3. The molecule has 0 spiro atoms. The number of aromatic nitrogens is 2. The van der Waals surface area contributed by atoms with Crippen LogP contribution >= 0.6 is 0 Å². The minimum Gasteiger partial charge on any atom is -0.508 e. The Morgan fingerprint density at radius 1 is 1.47 bits per heavy atom. The molecule has 0 atom stereocenters. The molecule has 5 heteroatoms. The Balaban J connectivity index is 2.56. The molecule has 0 unspecified atom stereocenters. The lowest BCUT2D eigenvalue weighted by Crippen LogP contribution is -2.05. The molecule has 0 aliphatic carbocycles. The van der Waals surface area contributed by atoms with Gasteiger partial charge in [-0.2, -0.15) is 5.10 Å². The van der Waals surface area contributed by atoms with Gasteiger partial charge < -0.3 is 10.2 Å². The highest BCUT2D eigenvalue weighted by Crippen LogP contribution is 2.19. The molecule has 0 fully saturated rings. The number of aromatic hydroxyl groups is 1. The first kappa shape index (κ1) is 11.2. The van der Waals surface area contributed by atoms with Crippen molar-refractivity contribution in [3.05, 3.63) is 41.7 Å². The van der Waals surface area contributed by atoms with Gasteiger partial charge in [-0.25, -0.2) is 9.48 Å². The molecule has 0 radical (unpaired) electrons. The molecule has 5 nitrogen and oxygen atoms in total. The number of carboxylic acid groups (broad SMARTS) is 1. The van der Waals surface area contributed by atoms with Crippen LogP contribution in [0.1, 0.15) is 23.0 Å². The Kier molecular flexibility index (Phi) is 2.82. The molecular weight excluding hydrogens is 220 g/mol. The molecular formula is C12H12N2O3. The van der Waals surface area contributed by atoms with E-state index in [9.17, 15) is 9.90 Å². The number of phenols is 1. The van der Waals surface area contributed by atoms with E-state index in [0.29, 0.717) is 17.8 Å². The zero-order valence-corrected chi connectivity index (χ0v) is 9.29. The number of aromatic carboxylic acids is 1. The van der Waals surface area contributed by atoms with Gasteiger partial charge in [0.05, 0.1) is 17.6 Å². The van der Waals surface area contributed by atoms with Gasteiger partial charge >= 0.3 is 5.97 Å². The Hall–Kier alpha value is -2.30. The summed E-state index contributed by atoms with van der Waals surface area (Å²) in [4.78, 5) is 11.0. The third-order valence-electron chi connectivity index (χ3n) is 2.51. The predicted octanol–water partition coefficient (Wildman–Crippen LogP) is 1.84. The number of benzene rings is 1. The lowest BCUT2D eigenvalue weighted by atomic mass is 10.2. The van der Waals surface area contributed by atoms with Gasteiger partial charge in [0.1, 0.15) is 11.3 Å². The molecule has 88 valence electrons. The summed E-state index contributed by atoms with van der Waals surface area (Å²) in [6, 6.07) is 6.54. The maximum absolute atomic E-state index is 11.0. The SMILES string of the molecule is CCc1c(C(=O)O)cnn1-c1cccc(O)c1. The van der Waals surface area contributed by atoms with Crippen LogP contribution in [0.15, 0.2) is 30.5 Å². The molecule has 1 aromatic heterocycles. The second kappa shape index (κ2) is 4.29. The van der Waals surface area contributed by atoms with Gasteiger partial charge in [0.25, 0.3) is 0 Å².